The van der Waals surface area contributed by atoms with Gasteiger partial charge in [0.2, 0.25) is 5.88 Å². The lowest BCUT2D eigenvalue weighted by atomic mass is 10.1. The lowest BCUT2D eigenvalue weighted by Gasteiger charge is -2.05. The van der Waals surface area contributed by atoms with E-state index in [1.807, 2.05) is 0 Å². The zero-order valence-corrected chi connectivity index (χ0v) is 8.61. The second-order valence-corrected chi connectivity index (χ2v) is 3.56. The first-order valence-corrected chi connectivity index (χ1v) is 4.90. The quantitative estimate of drug-likeness (QED) is 0.724. The van der Waals surface area contributed by atoms with Crippen LogP contribution in [0.5, 0.6) is 5.88 Å². The molecule has 1 aliphatic rings. The van der Waals surface area contributed by atoms with Crippen molar-refractivity contribution in [3.05, 3.63) is 29.7 Å². The summed E-state index contributed by atoms with van der Waals surface area (Å²) in [5.74, 6) is 0.0672. The van der Waals surface area contributed by atoms with Gasteiger partial charge in [0.1, 0.15) is 17.4 Å². The number of hydrogen-bond acceptors (Lipinski definition) is 4. The number of halogens is 1. The summed E-state index contributed by atoms with van der Waals surface area (Å²) in [6.45, 7) is 0.537. The molecule has 1 aromatic heterocycles. The fourth-order valence-electron chi connectivity index (χ4n) is 1.68. The molecule has 0 aliphatic carbocycles. The molecule has 1 atom stereocenters. The van der Waals surface area contributed by atoms with Crippen LogP contribution in [0.1, 0.15) is 11.7 Å². The third-order valence-electron chi connectivity index (χ3n) is 2.54. The van der Waals surface area contributed by atoms with Gasteiger partial charge in [0.15, 0.2) is 0 Å². The standard InChI is InChI=1S/C11H9FN2O2/c1-15-9-4-13-7-3-2-6(12)10(8-5-16-8)11(7)14-9/h2-4,8H,5H2,1H3. The summed E-state index contributed by atoms with van der Waals surface area (Å²) in [5.41, 5.74) is 1.64. The van der Waals surface area contributed by atoms with Crippen LogP contribution in [-0.2, 0) is 4.74 Å². The Balaban J connectivity index is 2.30. The number of rotatable bonds is 2. The van der Waals surface area contributed by atoms with Crippen molar-refractivity contribution in [1.82, 2.24) is 9.97 Å². The van der Waals surface area contributed by atoms with Crippen molar-refractivity contribution in [2.45, 2.75) is 6.10 Å². The number of nitrogens with zero attached hydrogens (tertiary/aromatic N) is 2. The summed E-state index contributed by atoms with van der Waals surface area (Å²) >= 11 is 0. The molecule has 1 saturated heterocycles. The molecule has 5 heteroatoms. The minimum absolute atomic E-state index is 0.190. The van der Waals surface area contributed by atoms with Gasteiger partial charge in [-0.3, -0.25) is 0 Å². The average molecular weight is 220 g/mol. The molecule has 2 heterocycles. The molecule has 0 spiro atoms. The number of hydrogen-bond donors (Lipinski definition) is 0. The number of fused-ring (bicyclic) bond motifs is 1. The van der Waals surface area contributed by atoms with E-state index in [-0.39, 0.29) is 11.9 Å². The maximum absolute atomic E-state index is 13.7. The van der Waals surface area contributed by atoms with Crippen LogP contribution in [0.4, 0.5) is 4.39 Å². The summed E-state index contributed by atoms with van der Waals surface area (Å²) in [6, 6.07) is 2.99. The molecule has 0 amide bonds. The second-order valence-electron chi connectivity index (χ2n) is 3.56. The molecule has 2 aromatic rings. The predicted octanol–water partition coefficient (Wildman–Crippen LogP) is 1.85. The SMILES string of the molecule is COc1cnc2ccc(F)c(C3CO3)c2n1. The Hall–Kier alpha value is -1.75. The number of benzene rings is 1. The van der Waals surface area contributed by atoms with E-state index in [9.17, 15) is 4.39 Å². The van der Waals surface area contributed by atoms with Gasteiger partial charge in [-0.1, -0.05) is 0 Å². The molecule has 1 fully saturated rings. The maximum Gasteiger partial charge on any atom is 0.232 e. The van der Waals surface area contributed by atoms with Crippen LogP contribution in [0, 0.1) is 5.82 Å². The molecule has 1 aliphatic heterocycles. The minimum atomic E-state index is -0.308. The summed E-state index contributed by atoms with van der Waals surface area (Å²) in [6.07, 6.45) is 1.32. The van der Waals surface area contributed by atoms with Gasteiger partial charge in [0, 0.05) is 5.56 Å². The first-order valence-electron chi connectivity index (χ1n) is 4.90. The summed E-state index contributed by atoms with van der Waals surface area (Å²) in [7, 11) is 1.50. The van der Waals surface area contributed by atoms with Gasteiger partial charge in [-0.2, -0.15) is 0 Å². The van der Waals surface area contributed by atoms with Gasteiger partial charge in [-0.25, -0.2) is 14.4 Å². The molecule has 82 valence electrons. The van der Waals surface area contributed by atoms with Gasteiger partial charge in [0.25, 0.3) is 0 Å². The Morgan fingerprint density at radius 1 is 1.50 bits per heavy atom. The Kier molecular flexibility index (Phi) is 2.00. The Bertz CT molecular complexity index is 555. The van der Waals surface area contributed by atoms with E-state index in [0.29, 0.717) is 29.1 Å². The molecule has 1 aromatic carbocycles. The van der Waals surface area contributed by atoms with Crippen LogP contribution in [0.15, 0.2) is 18.3 Å². The van der Waals surface area contributed by atoms with E-state index in [2.05, 4.69) is 9.97 Å². The van der Waals surface area contributed by atoms with Crippen LogP contribution >= 0.6 is 0 Å². The molecule has 1 unspecified atom stereocenters. The molecule has 16 heavy (non-hydrogen) atoms. The largest absolute Gasteiger partial charge is 0.480 e. The van der Waals surface area contributed by atoms with Crippen LogP contribution in [0.2, 0.25) is 0 Å². The van der Waals surface area contributed by atoms with Gasteiger partial charge in [-0.15, -0.1) is 0 Å². The van der Waals surface area contributed by atoms with Crippen molar-refractivity contribution in [2.24, 2.45) is 0 Å². The maximum atomic E-state index is 13.7. The number of epoxide rings is 1. The smallest absolute Gasteiger partial charge is 0.232 e. The highest BCUT2D eigenvalue weighted by molar-refractivity contribution is 5.79. The zero-order chi connectivity index (χ0) is 11.1. The van der Waals surface area contributed by atoms with Crippen molar-refractivity contribution in [2.75, 3.05) is 13.7 Å². The third kappa shape index (κ3) is 1.40. The Morgan fingerprint density at radius 3 is 3.00 bits per heavy atom. The summed E-state index contributed by atoms with van der Waals surface area (Å²) < 4.78 is 23.7. The van der Waals surface area contributed by atoms with Gasteiger partial charge in [-0.05, 0) is 12.1 Å². The van der Waals surface area contributed by atoms with E-state index in [1.165, 1.54) is 19.4 Å². The molecule has 0 saturated carbocycles. The number of methoxy groups -OCH3 is 1. The van der Waals surface area contributed by atoms with E-state index >= 15 is 0 Å². The molecule has 0 N–H and O–H groups in total. The van der Waals surface area contributed by atoms with E-state index in [1.54, 1.807) is 6.07 Å². The molecular weight excluding hydrogens is 211 g/mol. The summed E-state index contributed by atoms with van der Waals surface area (Å²) in [4.78, 5) is 8.37. The van der Waals surface area contributed by atoms with Crippen LogP contribution in [0.3, 0.4) is 0 Å². The minimum Gasteiger partial charge on any atom is -0.480 e. The van der Waals surface area contributed by atoms with E-state index in [4.69, 9.17) is 9.47 Å². The fourth-order valence-corrected chi connectivity index (χ4v) is 1.68. The lowest BCUT2D eigenvalue weighted by Crippen LogP contribution is -1.97. The first kappa shape index (κ1) is 9.47. The highest BCUT2D eigenvalue weighted by atomic mass is 19.1. The highest BCUT2D eigenvalue weighted by Crippen LogP contribution is 2.35. The van der Waals surface area contributed by atoms with Crippen LogP contribution < -0.4 is 4.74 Å². The molecule has 0 bridgehead atoms. The first-order chi connectivity index (χ1) is 7.79. The van der Waals surface area contributed by atoms with Gasteiger partial charge < -0.3 is 9.47 Å². The Labute approximate surface area is 91.0 Å². The van der Waals surface area contributed by atoms with Crippen molar-refractivity contribution in [3.63, 3.8) is 0 Å². The molecule has 0 radical (unpaired) electrons. The van der Waals surface area contributed by atoms with Crippen LogP contribution in [-0.4, -0.2) is 23.7 Å². The zero-order valence-electron chi connectivity index (χ0n) is 8.61. The van der Waals surface area contributed by atoms with E-state index in [0.717, 1.165) is 0 Å². The molecular formula is C11H9FN2O2. The number of aromatic nitrogens is 2. The van der Waals surface area contributed by atoms with Crippen molar-refractivity contribution in [3.8, 4) is 5.88 Å². The monoisotopic (exact) mass is 220 g/mol. The Morgan fingerprint density at radius 2 is 2.31 bits per heavy atom. The van der Waals surface area contributed by atoms with Crippen molar-refractivity contribution in [1.29, 1.82) is 0 Å². The van der Waals surface area contributed by atoms with Crippen molar-refractivity contribution < 1.29 is 13.9 Å². The predicted molar refractivity (Wildman–Crippen MR) is 54.7 cm³/mol. The average Bonchev–Trinajstić information content (AvgIpc) is 3.12. The third-order valence-corrected chi connectivity index (χ3v) is 2.54. The topological polar surface area (TPSA) is 47.5 Å². The summed E-state index contributed by atoms with van der Waals surface area (Å²) in [5, 5.41) is 0. The molecule has 4 nitrogen and oxygen atoms in total. The normalized spacial score (nSPS) is 18.8. The highest BCUT2D eigenvalue weighted by Gasteiger charge is 2.30. The number of ether oxygens (including phenoxy) is 2. The van der Waals surface area contributed by atoms with Gasteiger partial charge >= 0.3 is 0 Å². The van der Waals surface area contributed by atoms with E-state index < -0.39 is 0 Å². The van der Waals surface area contributed by atoms with Gasteiger partial charge in [0.05, 0.1) is 25.4 Å². The molecule has 3 rings (SSSR count). The lowest BCUT2D eigenvalue weighted by molar-refractivity contribution is 0.396. The second kappa shape index (κ2) is 3.38. The fraction of sp³-hybridized carbons (Fsp3) is 0.273. The van der Waals surface area contributed by atoms with Crippen molar-refractivity contribution >= 4 is 11.0 Å². The van der Waals surface area contributed by atoms with Crippen LogP contribution in [0.25, 0.3) is 11.0 Å².